The van der Waals surface area contributed by atoms with Gasteiger partial charge >= 0.3 is 11.9 Å². The van der Waals surface area contributed by atoms with Gasteiger partial charge in [-0.3, -0.25) is 9.59 Å². The number of benzene rings is 1. The van der Waals surface area contributed by atoms with Crippen molar-refractivity contribution in [2.45, 2.75) is 13.3 Å². The van der Waals surface area contributed by atoms with Crippen LogP contribution in [0.15, 0.2) is 24.8 Å². The van der Waals surface area contributed by atoms with Crippen LogP contribution < -0.4 is 4.74 Å². The van der Waals surface area contributed by atoms with E-state index in [-0.39, 0.29) is 12.4 Å². The second kappa shape index (κ2) is 5.84. The van der Waals surface area contributed by atoms with Crippen molar-refractivity contribution in [3.8, 4) is 5.75 Å². The highest BCUT2D eigenvalue weighted by molar-refractivity contribution is 5.75. The van der Waals surface area contributed by atoms with Gasteiger partial charge in [0, 0.05) is 12.5 Å². The fourth-order valence-corrected chi connectivity index (χ4v) is 1.35. The van der Waals surface area contributed by atoms with Crippen LogP contribution in [0.4, 0.5) is 0 Å². The normalized spacial score (nSPS) is 9.53. The molecule has 17 heavy (non-hydrogen) atoms. The Morgan fingerprint density at radius 2 is 2.12 bits per heavy atom. The Bertz CT molecular complexity index is 449. The first-order chi connectivity index (χ1) is 8.06. The Kier molecular flexibility index (Phi) is 4.46. The smallest absolute Gasteiger partial charge is 0.310 e. The maximum absolute atomic E-state index is 11.2. The van der Waals surface area contributed by atoms with Crippen LogP contribution in [0.1, 0.15) is 18.1 Å². The third-order valence-electron chi connectivity index (χ3n) is 2.14. The summed E-state index contributed by atoms with van der Waals surface area (Å²) in [5.41, 5.74) is 1.45. The molecule has 0 N–H and O–H groups in total. The first-order valence-electron chi connectivity index (χ1n) is 5.07. The number of hydrogen-bond acceptors (Lipinski definition) is 4. The molecule has 0 aliphatic rings. The van der Waals surface area contributed by atoms with Crippen LogP contribution in [0.3, 0.4) is 0 Å². The van der Waals surface area contributed by atoms with Crippen molar-refractivity contribution in [1.82, 2.24) is 0 Å². The summed E-state index contributed by atoms with van der Waals surface area (Å²) < 4.78 is 9.59. The Hall–Kier alpha value is -2.10. The molecule has 0 atom stereocenters. The van der Waals surface area contributed by atoms with E-state index in [0.29, 0.717) is 11.3 Å². The number of hydrogen-bond donors (Lipinski definition) is 0. The van der Waals surface area contributed by atoms with Gasteiger partial charge in [-0.15, -0.1) is 0 Å². The lowest BCUT2D eigenvalue weighted by molar-refractivity contribution is -0.140. The standard InChI is InChI=1S/C13H14O4/c1-4-10-5-6-12(17-9(2)14)11(7-10)8-13(15)16-3/h4-7H,1,8H2,2-3H3. The van der Waals surface area contributed by atoms with Gasteiger partial charge in [0.2, 0.25) is 0 Å². The van der Waals surface area contributed by atoms with Crippen molar-refractivity contribution in [2.75, 3.05) is 7.11 Å². The van der Waals surface area contributed by atoms with Gasteiger partial charge in [-0.2, -0.15) is 0 Å². The summed E-state index contributed by atoms with van der Waals surface area (Å²) in [5, 5.41) is 0. The summed E-state index contributed by atoms with van der Waals surface area (Å²) in [5.74, 6) is -0.449. The van der Waals surface area contributed by atoms with Crippen molar-refractivity contribution in [2.24, 2.45) is 0 Å². The molecule has 4 heteroatoms. The van der Waals surface area contributed by atoms with Crippen LogP contribution in [-0.4, -0.2) is 19.0 Å². The zero-order valence-electron chi connectivity index (χ0n) is 9.86. The van der Waals surface area contributed by atoms with Crippen LogP contribution >= 0.6 is 0 Å². The third-order valence-corrected chi connectivity index (χ3v) is 2.14. The summed E-state index contributed by atoms with van der Waals surface area (Å²) >= 11 is 0. The zero-order chi connectivity index (χ0) is 12.8. The van der Waals surface area contributed by atoms with Crippen molar-refractivity contribution in [3.05, 3.63) is 35.9 Å². The summed E-state index contributed by atoms with van der Waals surface area (Å²) in [6, 6.07) is 5.13. The van der Waals surface area contributed by atoms with Gasteiger partial charge in [0.15, 0.2) is 0 Å². The van der Waals surface area contributed by atoms with Gasteiger partial charge in [-0.25, -0.2) is 0 Å². The van der Waals surface area contributed by atoms with Gasteiger partial charge in [0.25, 0.3) is 0 Å². The zero-order valence-corrected chi connectivity index (χ0v) is 9.86. The molecule has 1 rings (SSSR count). The highest BCUT2D eigenvalue weighted by atomic mass is 16.5. The van der Waals surface area contributed by atoms with Crippen molar-refractivity contribution in [1.29, 1.82) is 0 Å². The fraction of sp³-hybridized carbons (Fsp3) is 0.231. The maximum Gasteiger partial charge on any atom is 0.310 e. The van der Waals surface area contributed by atoms with E-state index in [1.54, 1.807) is 24.3 Å². The minimum Gasteiger partial charge on any atom is -0.469 e. The van der Waals surface area contributed by atoms with E-state index in [1.165, 1.54) is 14.0 Å². The molecule has 0 aliphatic heterocycles. The third kappa shape index (κ3) is 3.75. The monoisotopic (exact) mass is 234 g/mol. The summed E-state index contributed by atoms with van der Waals surface area (Å²) in [7, 11) is 1.31. The Morgan fingerprint density at radius 1 is 1.41 bits per heavy atom. The molecule has 0 fully saturated rings. The number of rotatable bonds is 4. The molecule has 0 bridgehead atoms. The van der Waals surface area contributed by atoms with Gasteiger partial charge in [-0.05, 0) is 17.7 Å². The minimum atomic E-state index is -0.428. The summed E-state index contributed by atoms with van der Waals surface area (Å²) in [4.78, 5) is 22.1. The van der Waals surface area contributed by atoms with Crippen molar-refractivity contribution >= 4 is 18.0 Å². The molecule has 0 spiro atoms. The van der Waals surface area contributed by atoms with E-state index in [4.69, 9.17) is 4.74 Å². The molecule has 0 radical (unpaired) electrons. The fourth-order valence-electron chi connectivity index (χ4n) is 1.35. The van der Waals surface area contributed by atoms with Crippen LogP contribution in [0.2, 0.25) is 0 Å². The number of carbonyl (C=O) groups excluding carboxylic acids is 2. The SMILES string of the molecule is C=Cc1ccc(OC(C)=O)c(CC(=O)OC)c1. The molecule has 4 nitrogen and oxygen atoms in total. The maximum atomic E-state index is 11.2. The van der Waals surface area contributed by atoms with Gasteiger partial charge < -0.3 is 9.47 Å². The van der Waals surface area contributed by atoms with Crippen LogP contribution in [0, 0.1) is 0 Å². The first kappa shape index (κ1) is 13.0. The predicted octanol–water partition coefficient (Wildman–Crippen LogP) is 1.97. The minimum absolute atomic E-state index is 0.0563. The Labute approximate surface area is 99.8 Å². The molecule has 0 saturated carbocycles. The molecule has 0 aromatic heterocycles. The average molecular weight is 234 g/mol. The van der Waals surface area contributed by atoms with E-state index in [0.717, 1.165) is 5.56 Å². The van der Waals surface area contributed by atoms with Crippen molar-refractivity contribution in [3.63, 3.8) is 0 Å². The number of carbonyl (C=O) groups is 2. The molecule has 0 amide bonds. The molecular formula is C13H14O4. The summed E-state index contributed by atoms with van der Waals surface area (Å²) in [6.07, 6.45) is 1.71. The van der Waals surface area contributed by atoms with E-state index < -0.39 is 5.97 Å². The average Bonchev–Trinajstić information content (AvgIpc) is 2.30. The number of methoxy groups -OCH3 is 1. The van der Waals surface area contributed by atoms with Crippen LogP contribution in [0.5, 0.6) is 5.75 Å². The molecular weight excluding hydrogens is 220 g/mol. The highest BCUT2D eigenvalue weighted by Gasteiger charge is 2.11. The predicted molar refractivity (Wildman–Crippen MR) is 63.6 cm³/mol. The van der Waals surface area contributed by atoms with Gasteiger partial charge in [0.1, 0.15) is 5.75 Å². The highest BCUT2D eigenvalue weighted by Crippen LogP contribution is 2.22. The number of esters is 2. The topological polar surface area (TPSA) is 52.6 Å². The first-order valence-corrected chi connectivity index (χ1v) is 5.07. The Morgan fingerprint density at radius 3 is 2.65 bits per heavy atom. The molecule has 0 aliphatic carbocycles. The number of ether oxygens (including phenoxy) is 2. The second-order valence-electron chi connectivity index (χ2n) is 3.42. The van der Waals surface area contributed by atoms with E-state index in [9.17, 15) is 9.59 Å². The summed E-state index contributed by atoms with van der Waals surface area (Å²) in [6.45, 7) is 4.95. The lowest BCUT2D eigenvalue weighted by Crippen LogP contribution is -2.09. The molecule has 0 unspecified atom stereocenters. The van der Waals surface area contributed by atoms with E-state index in [1.807, 2.05) is 0 Å². The van der Waals surface area contributed by atoms with E-state index in [2.05, 4.69) is 11.3 Å². The molecule has 90 valence electrons. The largest absolute Gasteiger partial charge is 0.469 e. The molecule has 1 aromatic rings. The lowest BCUT2D eigenvalue weighted by Gasteiger charge is -2.09. The lowest BCUT2D eigenvalue weighted by atomic mass is 10.1. The Balaban J connectivity index is 3.06. The molecule has 0 heterocycles. The van der Waals surface area contributed by atoms with Gasteiger partial charge in [-0.1, -0.05) is 18.7 Å². The van der Waals surface area contributed by atoms with Crippen LogP contribution in [-0.2, 0) is 20.7 Å². The van der Waals surface area contributed by atoms with Crippen molar-refractivity contribution < 1.29 is 19.1 Å². The molecule has 1 aromatic carbocycles. The second-order valence-corrected chi connectivity index (χ2v) is 3.42. The van der Waals surface area contributed by atoms with Crippen LogP contribution in [0.25, 0.3) is 6.08 Å². The molecule has 0 saturated heterocycles. The van der Waals surface area contributed by atoms with Gasteiger partial charge in [0.05, 0.1) is 13.5 Å². The quantitative estimate of drug-likeness (QED) is 0.590. The van der Waals surface area contributed by atoms with E-state index >= 15 is 0 Å².